The minimum Gasteiger partial charge on any atom is -0.327 e. The number of hydrogen-bond donors (Lipinski definition) is 1. The smallest absolute Gasteiger partial charge is 0.0441 e. The zero-order valence-electron chi connectivity index (χ0n) is 8.09. The van der Waals surface area contributed by atoms with E-state index >= 15 is 0 Å². The van der Waals surface area contributed by atoms with Gasteiger partial charge >= 0.3 is 0 Å². The van der Waals surface area contributed by atoms with Crippen LogP contribution in [0.15, 0.2) is 18.2 Å². The van der Waals surface area contributed by atoms with E-state index in [-0.39, 0.29) is 0 Å². The molecule has 0 radical (unpaired) electrons. The van der Waals surface area contributed by atoms with Crippen LogP contribution in [0.2, 0.25) is 5.02 Å². The van der Waals surface area contributed by atoms with Crippen LogP contribution in [0.25, 0.3) is 0 Å². The fraction of sp³-hybridized carbons (Fsp3) is 0.500. The summed E-state index contributed by atoms with van der Waals surface area (Å²) >= 11 is 6.19. The lowest BCUT2D eigenvalue weighted by Crippen LogP contribution is -2.47. The summed E-state index contributed by atoms with van der Waals surface area (Å²) in [5.41, 5.74) is 9.27. The standard InChI is InChI=1S/C12H14ClN/c13-10-4-1-3-9-8(10)7-11(14)12(9)5-2-6-12/h1,3-4,11H,2,5-7,14H2. The van der Waals surface area contributed by atoms with Gasteiger partial charge in [-0.3, -0.25) is 0 Å². The van der Waals surface area contributed by atoms with Crippen molar-refractivity contribution >= 4 is 11.6 Å². The van der Waals surface area contributed by atoms with Gasteiger partial charge in [0.05, 0.1) is 0 Å². The number of nitrogens with two attached hydrogens (primary N) is 1. The van der Waals surface area contributed by atoms with Crippen molar-refractivity contribution < 1.29 is 0 Å². The Balaban J connectivity index is 2.18. The molecule has 0 saturated heterocycles. The number of hydrogen-bond acceptors (Lipinski definition) is 1. The second-order valence-electron chi connectivity index (χ2n) is 4.59. The summed E-state index contributed by atoms with van der Waals surface area (Å²) in [4.78, 5) is 0. The van der Waals surface area contributed by atoms with Crippen molar-refractivity contribution in [1.82, 2.24) is 0 Å². The molecular weight excluding hydrogens is 194 g/mol. The summed E-state index contributed by atoms with van der Waals surface area (Å²) in [6.07, 6.45) is 4.79. The molecule has 1 fully saturated rings. The lowest BCUT2D eigenvalue weighted by Gasteiger charge is -2.43. The van der Waals surface area contributed by atoms with Crippen LogP contribution < -0.4 is 5.73 Å². The van der Waals surface area contributed by atoms with Crippen LogP contribution in [0.5, 0.6) is 0 Å². The van der Waals surface area contributed by atoms with Gasteiger partial charge in [0.2, 0.25) is 0 Å². The Hall–Kier alpha value is -0.530. The second-order valence-corrected chi connectivity index (χ2v) is 4.99. The normalized spacial score (nSPS) is 27.4. The molecule has 2 N–H and O–H groups in total. The molecule has 0 bridgehead atoms. The first-order chi connectivity index (χ1) is 6.74. The maximum atomic E-state index is 6.24. The van der Waals surface area contributed by atoms with E-state index in [1.165, 1.54) is 30.4 Å². The predicted octanol–water partition coefficient (Wildman–Crippen LogP) is 2.65. The molecule has 1 saturated carbocycles. The molecule has 1 atom stereocenters. The third-order valence-electron chi connectivity index (χ3n) is 4.03. The summed E-state index contributed by atoms with van der Waals surface area (Å²) in [7, 11) is 0. The van der Waals surface area contributed by atoms with Gasteiger partial charge in [0.1, 0.15) is 0 Å². The monoisotopic (exact) mass is 207 g/mol. The molecule has 3 rings (SSSR count). The van der Waals surface area contributed by atoms with Crippen molar-refractivity contribution in [3.8, 4) is 0 Å². The van der Waals surface area contributed by atoms with Crippen molar-refractivity contribution in [2.24, 2.45) is 5.73 Å². The highest BCUT2D eigenvalue weighted by atomic mass is 35.5. The third-order valence-corrected chi connectivity index (χ3v) is 4.39. The molecule has 1 nitrogen and oxygen atoms in total. The second kappa shape index (κ2) is 2.74. The van der Waals surface area contributed by atoms with Crippen LogP contribution >= 0.6 is 11.6 Å². The zero-order valence-corrected chi connectivity index (χ0v) is 8.85. The van der Waals surface area contributed by atoms with E-state index < -0.39 is 0 Å². The van der Waals surface area contributed by atoms with Crippen molar-refractivity contribution in [2.45, 2.75) is 37.1 Å². The highest BCUT2D eigenvalue weighted by molar-refractivity contribution is 6.31. The first kappa shape index (κ1) is 8.75. The fourth-order valence-corrected chi connectivity index (χ4v) is 3.30. The molecule has 0 amide bonds. The Morgan fingerprint density at radius 3 is 2.79 bits per heavy atom. The number of rotatable bonds is 0. The lowest BCUT2D eigenvalue weighted by molar-refractivity contribution is 0.213. The van der Waals surface area contributed by atoms with Gasteiger partial charge in [-0.2, -0.15) is 0 Å². The van der Waals surface area contributed by atoms with Crippen LogP contribution in [0.3, 0.4) is 0 Å². The summed E-state index contributed by atoms with van der Waals surface area (Å²) < 4.78 is 0. The quantitative estimate of drug-likeness (QED) is 0.696. The largest absolute Gasteiger partial charge is 0.327 e. The molecule has 1 unspecified atom stereocenters. The zero-order chi connectivity index (χ0) is 9.76. The number of halogens is 1. The molecule has 74 valence electrons. The van der Waals surface area contributed by atoms with Gasteiger partial charge in [0.25, 0.3) is 0 Å². The van der Waals surface area contributed by atoms with Crippen LogP contribution in [-0.2, 0) is 11.8 Å². The molecular formula is C12H14ClN. The highest BCUT2D eigenvalue weighted by Gasteiger charge is 2.49. The molecule has 0 heterocycles. The Kier molecular flexibility index (Phi) is 1.71. The van der Waals surface area contributed by atoms with E-state index in [0.717, 1.165) is 11.4 Å². The minimum atomic E-state index is 0.292. The first-order valence-corrected chi connectivity index (χ1v) is 5.65. The summed E-state index contributed by atoms with van der Waals surface area (Å²) in [6.45, 7) is 0. The van der Waals surface area contributed by atoms with Gasteiger partial charge in [-0.05, 0) is 36.5 Å². The van der Waals surface area contributed by atoms with E-state index in [1.807, 2.05) is 6.07 Å². The van der Waals surface area contributed by atoms with Gasteiger partial charge in [-0.1, -0.05) is 30.2 Å². The summed E-state index contributed by atoms with van der Waals surface area (Å²) in [5, 5.41) is 0.904. The van der Waals surface area contributed by atoms with Gasteiger partial charge in [0, 0.05) is 16.5 Å². The summed E-state index contributed by atoms with van der Waals surface area (Å²) in [6, 6.07) is 6.54. The molecule has 2 heteroatoms. The van der Waals surface area contributed by atoms with Gasteiger partial charge < -0.3 is 5.73 Å². The molecule has 2 aliphatic carbocycles. The predicted molar refractivity (Wildman–Crippen MR) is 58.7 cm³/mol. The van der Waals surface area contributed by atoms with E-state index in [2.05, 4.69) is 12.1 Å². The topological polar surface area (TPSA) is 26.0 Å². The maximum absolute atomic E-state index is 6.24. The lowest BCUT2D eigenvalue weighted by atomic mass is 9.63. The molecule has 1 aromatic rings. The fourth-order valence-electron chi connectivity index (χ4n) is 3.05. The first-order valence-electron chi connectivity index (χ1n) is 5.27. The van der Waals surface area contributed by atoms with Crippen molar-refractivity contribution in [1.29, 1.82) is 0 Å². The molecule has 0 aromatic heterocycles. The van der Waals surface area contributed by atoms with Gasteiger partial charge in [-0.15, -0.1) is 0 Å². The number of benzene rings is 1. The van der Waals surface area contributed by atoms with Crippen molar-refractivity contribution in [2.75, 3.05) is 0 Å². The van der Waals surface area contributed by atoms with Gasteiger partial charge in [0.15, 0.2) is 0 Å². The van der Waals surface area contributed by atoms with E-state index in [0.29, 0.717) is 11.5 Å². The molecule has 2 aliphatic rings. The molecule has 1 spiro atoms. The van der Waals surface area contributed by atoms with Crippen molar-refractivity contribution in [3.05, 3.63) is 34.3 Å². The molecule has 14 heavy (non-hydrogen) atoms. The van der Waals surface area contributed by atoms with E-state index in [9.17, 15) is 0 Å². The van der Waals surface area contributed by atoms with Crippen LogP contribution in [0.4, 0.5) is 0 Å². The Labute approximate surface area is 89.3 Å². The minimum absolute atomic E-state index is 0.292. The summed E-state index contributed by atoms with van der Waals surface area (Å²) in [5.74, 6) is 0. The average Bonchev–Trinajstić information content (AvgIpc) is 2.38. The van der Waals surface area contributed by atoms with Crippen molar-refractivity contribution in [3.63, 3.8) is 0 Å². The molecule has 0 aliphatic heterocycles. The Bertz CT molecular complexity index is 382. The maximum Gasteiger partial charge on any atom is 0.0441 e. The van der Waals surface area contributed by atoms with Crippen LogP contribution in [-0.4, -0.2) is 6.04 Å². The Morgan fingerprint density at radius 2 is 2.14 bits per heavy atom. The van der Waals surface area contributed by atoms with Crippen LogP contribution in [0.1, 0.15) is 30.4 Å². The van der Waals surface area contributed by atoms with E-state index in [1.54, 1.807) is 0 Å². The van der Waals surface area contributed by atoms with Crippen LogP contribution in [0, 0.1) is 0 Å². The average molecular weight is 208 g/mol. The Morgan fingerprint density at radius 1 is 1.36 bits per heavy atom. The van der Waals surface area contributed by atoms with E-state index in [4.69, 9.17) is 17.3 Å². The highest BCUT2D eigenvalue weighted by Crippen LogP contribution is 2.52. The molecule has 1 aromatic carbocycles. The SMILES string of the molecule is NC1Cc2c(Cl)cccc2C12CCC2. The number of fused-ring (bicyclic) bond motifs is 2. The van der Waals surface area contributed by atoms with Gasteiger partial charge in [-0.25, -0.2) is 0 Å². The third kappa shape index (κ3) is 0.896.